The Hall–Kier alpha value is -2.85. The number of allylic oxidation sites excluding steroid dienone is 2. The molecule has 8 nitrogen and oxygen atoms in total. The first-order valence-electron chi connectivity index (χ1n) is 13.5. The van der Waals surface area contributed by atoms with Gasteiger partial charge in [-0.3, -0.25) is 19.3 Å². The number of rotatable bonds is 13. The monoisotopic (exact) mass is 555 g/mol. The summed E-state index contributed by atoms with van der Waals surface area (Å²) in [5.74, 6) is -0.553. The quantitative estimate of drug-likeness (QED) is 0.198. The molecule has 1 unspecified atom stereocenters. The average molecular weight is 556 g/mol. The highest BCUT2D eigenvalue weighted by Crippen LogP contribution is 2.35. The van der Waals surface area contributed by atoms with Crippen LogP contribution in [0.2, 0.25) is 0 Å². The number of nitrogens with zero attached hydrogens (tertiary/aromatic N) is 1. The highest BCUT2D eigenvalue weighted by atomic mass is 32.1. The van der Waals surface area contributed by atoms with Gasteiger partial charge in [-0.15, -0.1) is 11.3 Å². The third-order valence-electron chi connectivity index (χ3n) is 7.11. The molecule has 0 spiro atoms. The molecule has 1 aromatic heterocycles. The summed E-state index contributed by atoms with van der Waals surface area (Å²) in [6, 6.07) is 12.5. The van der Waals surface area contributed by atoms with E-state index >= 15 is 0 Å². The van der Waals surface area contributed by atoms with E-state index in [1.807, 2.05) is 6.08 Å². The van der Waals surface area contributed by atoms with Gasteiger partial charge in [-0.05, 0) is 41.8 Å². The number of ether oxygens (including phenoxy) is 4. The second kappa shape index (κ2) is 15.1. The van der Waals surface area contributed by atoms with Gasteiger partial charge >= 0.3 is 11.9 Å². The topological polar surface area (TPSA) is 91.4 Å². The van der Waals surface area contributed by atoms with Crippen LogP contribution in [-0.2, 0) is 39.9 Å². The molecule has 2 aromatic rings. The van der Waals surface area contributed by atoms with Crippen molar-refractivity contribution >= 4 is 29.1 Å². The fraction of sp³-hybridized carbons (Fsp3) is 0.500. The molecule has 210 valence electrons. The Morgan fingerprint density at radius 3 is 2.56 bits per heavy atom. The second-order valence-corrected chi connectivity index (χ2v) is 10.8. The fourth-order valence-corrected chi connectivity index (χ4v) is 5.89. The molecular weight excluding hydrogens is 518 g/mol. The first kappa shape index (κ1) is 29.1. The van der Waals surface area contributed by atoms with Crippen molar-refractivity contribution in [1.29, 1.82) is 0 Å². The van der Waals surface area contributed by atoms with Gasteiger partial charge in [0.1, 0.15) is 0 Å². The van der Waals surface area contributed by atoms with Crippen molar-refractivity contribution in [3.63, 3.8) is 0 Å². The van der Waals surface area contributed by atoms with Crippen molar-refractivity contribution in [2.24, 2.45) is 5.92 Å². The third-order valence-corrected chi connectivity index (χ3v) is 8.03. The van der Waals surface area contributed by atoms with E-state index in [1.165, 1.54) is 17.4 Å². The Balaban J connectivity index is 1.30. The van der Waals surface area contributed by atoms with Gasteiger partial charge in [-0.25, -0.2) is 0 Å². The third kappa shape index (κ3) is 8.83. The Labute approximate surface area is 233 Å². The molecule has 4 rings (SSSR count). The first-order valence-corrected chi connectivity index (χ1v) is 14.4. The highest BCUT2D eigenvalue weighted by molar-refractivity contribution is 7.13. The number of carbonyl (C=O) groups is 3. The van der Waals surface area contributed by atoms with Crippen molar-refractivity contribution in [1.82, 2.24) is 4.90 Å². The summed E-state index contributed by atoms with van der Waals surface area (Å²) in [5, 5.41) is 2.08. The molecule has 2 fully saturated rings. The molecule has 0 radical (unpaired) electrons. The van der Waals surface area contributed by atoms with E-state index in [9.17, 15) is 14.4 Å². The van der Waals surface area contributed by atoms with E-state index in [1.54, 1.807) is 11.3 Å². The summed E-state index contributed by atoms with van der Waals surface area (Å²) >= 11 is 1.72. The molecule has 0 amide bonds. The Morgan fingerprint density at radius 1 is 1.08 bits per heavy atom. The molecule has 1 aliphatic carbocycles. The van der Waals surface area contributed by atoms with Gasteiger partial charge in [0, 0.05) is 43.6 Å². The largest absolute Gasteiger partial charge is 0.428 e. The minimum Gasteiger partial charge on any atom is -0.428 e. The molecule has 1 aliphatic heterocycles. The van der Waals surface area contributed by atoms with Crippen LogP contribution < -0.4 is 0 Å². The Bertz CT molecular complexity index is 1090. The number of esters is 2. The Kier molecular flexibility index (Phi) is 11.3. The van der Waals surface area contributed by atoms with Crippen molar-refractivity contribution in [2.45, 2.75) is 57.8 Å². The molecule has 1 saturated heterocycles. The van der Waals surface area contributed by atoms with Crippen molar-refractivity contribution in [3.05, 3.63) is 59.5 Å². The summed E-state index contributed by atoms with van der Waals surface area (Å²) in [6.07, 6.45) is 6.67. The summed E-state index contributed by atoms with van der Waals surface area (Å²) in [6.45, 7) is 4.19. The first-order chi connectivity index (χ1) is 19.0. The predicted molar refractivity (Wildman–Crippen MR) is 148 cm³/mol. The SMILES string of the molecule is CC(=O)OCOC(=O)CC/C=C\CCC1[C@@H](OCc2ccc(-c3cccs3)cc2)CC(=O)[C@@H]1N1CCOCC1. The van der Waals surface area contributed by atoms with Gasteiger partial charge in [0.25, 0.3) is 0 Å². The van der Waals surface area contributed by atoms with Crippen LogP contribution in [0.25, 0.3) is 10.4 Å². The molecule has 0 N–H and O–H groups in total. The van der Waals surface area contributed by atoms with Crippen LogP contribution in [-0.4, -0.2) is 67.9 Å². The van der Waals surface area contributed by atoms with Crippen LogP contribution >= 0.6 is 11.3 Å². The van der Waals surface area contributed by atoms with Gasteiger partial charge in [0.15, 0.2) is 5.78 Å². The molecule has 2 aliphatic rings. The van der Waals surface area contributed by atoms with E-state index in [-0.39, 0.29) is 37.1 Å². The number of hydrogen-bond acceptors (Lipinski definition) is 9. The van der Waals surface area contributed by atoms with Gasteiger partial charge in [0.05, 0.1) is 32.0 Å². The number of benzene rings is 1. The van der Waals surface area contributed by atoms with E-state index in [0.29, 0.717) is 32.7 Å². The normalized spacial score (nSPS) is 21.9. The van der Waals surface area contributed by atoms with E-state index < -0.39 is 11.9 Å². The zero-order valence-corrected chi connectivity index (χ0v) is 23.2. The fourth-order valence-electron chi connectivity index (χ4n) is 5.16. The number of thiophene rings is 1. The predicted octanol–water partition coefficient (Wildman–Crippen LogP) is 4.77. The molecule has 0 bridgehead atoms. The van der Waals surface area contributed by atoms with Gasteiger partial charge in [-0.2, -0.15) is 0 Å². The number of Topliss-reactive ketones (excluding diaryl/α,β-unsaturated/α-hetero) is 1. The summed E-state index contributed by atoms with van der Waals surface area (Å²) in [7, 11) is 0. The maximum atomic E-state index is 13.2. The maximum Gasteiger partial charge on any atom is 0.308 e. The smallest absolute Gasteiger partial charge is 0.308 e. The minimum atomic E-state index is -0.488. The standard InChI is InChI=1S/C30H37NO7S/c1-22(32)37-21-38-29(34)9-5-3-2-4-7-25-27(19-26(33)30(25)31-14-16-35-17-15-31)36-20-23-10-12-24(13-11-23)28-8-6-18-39-28/h2-3,6,8,10-13,18,25,27,30H,4-5,7,9,14-17,19-21H2,1H3/b3-2-/t25?,27-,30+/m0/s1. The average Bonchev–Trinajstić information content (AvgIpc) is 3.58. The maximum absolute atomic E-state index is 13.2. The van der Waals surface area contributed by atoms with Crippen LogP contribution in [0.1, 0.15) is 44.6 Å². The molecule has 1 aromatic carbocycles. The molecular formula is C30H37NO7S. The van der Waals surface area contributed by atoms with Gasteiger partial charge in [0.2, 0.25) is 6.79 Å². The lowest BCUT2D eigenvalue weighted by atomic mass is 9.93. The zero-order chi connectivity index (χ0) is 27.5. The van der Waals surface area contributed by atoms with Crippen molar-refractivity contribution in [3.8, 4) is 10.4 Å². The summed E-state index contributed by atoms with van der Waals surface area (Å²) < 4.78 is 21.4. The summed E-state index contributed by atoms with van der Waals surface area (Å²) in [4.78, 5) is 39.1. The number of ketones is 1. The Morgan fingerprint density at radius 2 is 1.85 bits per heavy atom. The molecule has 39 heavy (non-hydrogen) atoms. The van der Waals surface area contributed by atoms with E-state index in [4.69, 9.17) is 14.2 Å². The van der Waals surface area contributed by atoms with Gasteiger partial charge < -0.3 is 18.9 Å². The van der Waals surface area contributed by atoms with Crippen LogP contribution in [0.3, 0.4) is 0 Å². The van der Waals surface area contributed by atoms with Gasteiger partial charge in [-0.1, -0.05) is 42.5 Å². The lowest BCUT2D eigenvalue weighted by molar-refractivity contribution is -0.165. The lowest BCUT2D eigenvalue weighted by Crippen LogP contribution is -2.49. The van der Waals surface area contributed by atoms with Crippen LogP contribution in [0, 0.1) is 5.92 Å². The number of hydrogen-bond donors (Lipinski definition) is 0. The van der Waals surface area contributed by atoms with Crippen LogP contribution in [0.5, 0.6) is 0 Å². The van der Waals surface area contributed by atoms with Crippen molar-refractivity contribution < 1.29 is 33.3 Å². The van der Waals surface area contributed by atoms with Crippen LogP contribution in [0.4, 0.5) is 0 Å². The van der Waals surface area contributed by atoms with Crippen molar-refractivity contribution in [2.75, 3.05) is 33.1 Å². The lowest BCUT2D eigenvalue weighted by Gasteiger charge is -2.35. The molecule has 9 heteroatoms. The number of morpholine rings is 1. The van der Waals surface area contributed by atoms with E-state index in [0.717, 1.165) is 31.5 Å². The second-order valence-electron chi connectivity index (χ2n) is 9.81. The molecule has 2 heterocycles. The van der Waals surface area contributed by atoms with Crippen LogP contribution in [0.15, 0.2) is 53.9 Å². The zero-order valence-electron chi connectivity index (χ0n) is 22.4. The minimum absolute atomic E-state index is 0.0966. The molecule has 1 saturated carbocycles. The highest BCUT2D eigenvalue weighted by Gasteiger charge is 2.45. The van der Waals surface area contributed by atoms with E-state index in [2.05, 4.69) is 57.5 Å². The summed E-state index contributed by atoms with van der Waals surface area (Å²) in [5.41, 5.74) is 2.29. The molecule has 3 atom stereocenters. The number of carbonyl (C=O) groups excluding carboxylic acids is 3.